The van der Waals surface area contributed by atoms with Gasteiger partial charge in [0.15, 0.2) is 11.7 Å². The standard InChI is InChI=1S/C25H25BrF3N5O3S/c1-11-3-8-14-16(9-11)38-24(18(14)21(30)35)32-23(36)20-19(26)22-31-15(12-4-6-13(37-2)7-5-12)10-17(25(27,28)29)34(22)33-20/h4-7,11,15,17,31H,3,8-10H2,1-2H3,(H2,30,35)(H,32,36)/t11-,15-,17-/m1/s1. The summed E-state index contributed by atoms with van der Waals surface area (Å²) in [5, 5.41) is 10.1. The largest absolute Gasteiger partial charge is 0.497 e. The van der Waals surface area contributed by atoms with Crippen LogP contribution in [0.2, 0.25) is 0 Å². The Bertz CT molecular complexity index is 1400. The van der Waals surface area contributed by atoms with Crippen LogP contribution in [0.5, 0.6) is 5.75 Å². The van der Waals surface area contributed by atoms with Gasteiger partial charge in [-0.15, -0.1) is 11.3 Å². The summed E-state index contributed by atoms with van der Waals surface area (Å²) in [4.78, 5) is 26.5. The number of methoxy groups -OCH3 is 1. The number of rotatable bonds is 5. The number of anilines is 2. The number of alkyl halides is 3. The molecule has 1 aliphatic heterocycles. The third-order valence-electron chi connectivity index (χ3n) is 7.01. The van der Waals surface area contributed by atoms with Crippen LogP contribution in [0.4, 0.5) is 24.0 Å². The predicted octanol–water partition coefficient (Wildman–Crippen LogP) is 5.85. The third kappa shape index (κ3) is 4.77. The zero-order valence-corrected chi connectivity index (χ0v) is 22.9. The zero-order valence-electron chi connectivity index (χ0n) is 20.5. The van der Waals surface area contributed by atoms with Gasteiger partial charge in [0.2, 0.25) is 0 Å². The number of nitrogens with two attached hydrogens (primary N) is 1. The molecule has 3 aromatic rings. The zero-order chi connectivity index (χ0) is 27.4. The molecule has 0 spiro atoms. The van der Waals surface area contributed by atoms with E-state index < -0.39 is 30.1 Å². The van der Waals surface area contributed by atoms with Crippen LogP contribution < -0.4 is 21.1 Å². The van der Waals surface area contributed by atoms with Crippen LogP contribution in [0.3, 0.4) is 0 Å². The average molecular weight is 612 g/mol. The number of carbonyl (C=O) groups is 2. The summed E-state index contributed by atoms with van der Waals surface area (Å²) in [6.07, 6.45) is -2.59. The highest BCUT2D eigenvalue weighted by Gasteiger charge is 2.48. The summed E-state index contributed by atoms with van der Waals surface area (Å²) in [7, 11) is 1.51. The number of hydrogen-bond acceptors (Lipinski definition) is 6. The molecule has 0 saturated heterocycles. The number of aromatic nitrogens is 2. The van der Waals surface area contributed by atoms with Crippen molar-refractivity contribution in [3.63, 3.8) is 0 Å². The lowest BCUT2D eigenvalue weighted by Gasteiger charge is -2.33. The van der Waals surface area contributed by atoms with Gasteiger partial charge in [0.1, 0.15) is 16.6 Å². The molecule has 3 heterocycles. The molecule has 2 amide bonds. The van der Waals surface area contributed by atoms with Gasteiger partial charge >= 0.3 is 6.18 Å². The molecule has 202 valence electrons. The summed E-state index contributed by atoms with van der Waals surface area (Å²) in [6.45, 7) is 2.11. The van der Waals surface area contributed by atoms with Crippen molar-refractivity contribution in [3.05, 3.63) is 56.0 Å². The van der Waals surface area contributed by atoms with E-state index in [2.05, 4.69) is 38.6 Å². The Morgan fingerprint density at radius 3 is 2.63 bits per heavy atom. The average Bonchev–Trinajstić information content (AvgIpc) is 3.39. The second-order valence-electron chi connectivity index (χ2n) is 9.59. The molecule has 0 saturated carbocycles. The second kappa shape index (κ2) is 9.92. The van der Waals surface area contributed by atoms with E-state index in [1.807, 2.05) is 0 Å². The Morgan fingerprint density at radius 1 is 1.29 bits per heavy atom. The monoisotopic (exact) mass is 611 g/mol. The van der Waals surface area contributed by atoms with E-state index in [1.54, 1.807) is 24.3 Å². The summed E-state index contributed by atoms with van der Waals surface area (Å²) in [6, 6.07) is 4.11. The molecule has 5 rings (SSSR count). The quantitative estimate of drug-likeness (QED) is 0.335. The number of nitrogens with one attached hydrogen (secondary N) is 2. The van der Waals surface area contributed by atoms with Gasteiger partial charge in [0, 0.05) is 11.3 Å². The third-order valence-corrected chi connectivity index (χ3v) is 8.93. The van der Waals surface area contributed by atoms with Gasteiger partial charge in [0.05, 0.1) is 23.2 Å². The number of amides is 2. The van der Waals surface area contributed by atoms with Gasteiger partial charge in [-0.25, -0.2) is 4.68 Å². The van der Waals surface area contributed by atoms with E-state index in [4.69, 9.17) is 10.5 Å². The normalized spacial score (nSPS) is 20.7. The Hall–Kier alpha value is -3.06. The molecule has 38 heavy (non-hydrogen) atoms. The molecule has 3 atom stereocenters. The first-order valence-corrected chi connectivity index (χ1v) is 13.6. The van der Waals surface area contributed by atoms with Crippen molar-refractivity contribution in [1.29, 1.82) is 0 Å². The van der Waals surface area contributed by atoms with Crippen molar-refractivity contribution in [2.24, 2.45) is 11.7 Å². The number of hydrogen-bond donors (Lipinski definition) is 3. The van der Waals surface area contributed by atoms with E-state index >= 15 is 0 Å². The molecular weight excluding hydrogens is 587 g/mol. The van der Waals surface area contributed by atoms with Crippen LogP contribution >= 0.6 is 27.3 Å². The number of benzene rings is 1. The van der Waals surface area contributed by atoms with Crippen LogP contribution in [-0.2, 0) is 12.8 Å². The molecule has 0 fully saturated rings. The maximum absolute atomic E-state index is 14.1. The van der Waals surface area contributed by atoms with E-state index in [1.165, 1.54) is 18.4 Å². The van der Waals surface area contributed by atoms with Gasteiger partial charge in [-0.3, -0.25) is 9.59 Å². The van der Waals surface area contributed by atoms with Crippen molar-refractivity contribution in [2.75, 3.05) is 17.7 Å². The molecule has 4 N–H and O–H groups in total. The minimum atomic E-state index is -4.61. The van der Waals surface area contributed by atoms with Crippen LogP contribution in [0.15, 0.2) is 28.7 Å². The minimum Gasteiger partial charge on any atom is -0.497 e. The summed E-state index contributed by atoms with van der Waals surface area (Å²) in [5.74, 6) is -0.335. The van der Waals surface area contributed by atoms with Crippen molar-refractivity contribution in [1.82, 2.24) is 9.78 Å². The van der Waals surface area contributed by atoms with Crippen molar-refractivity contribution in [2.45, 2.75) is 50.9 Å². The predicted molar refractivity (Wildman–Crippen MR) is 141 cm³/mol. The first-order valence-electron chi connectivity index (χ1n) is 12.0. The number of halogens is 4. The van der Waals surface area contributed by atoms with E-state index in [0.717, 1.165) is 28.0 Å². The highest BCUT2D eigenvalue weighted by Crippen LogP contribution is 2.47. The van der Waals surface area contributed by atoms with Crippen LogP contribution in [0.1, 0.15) is 68.7 Å². The topological polar surface area (TPSA) is 111 Å². The molecule has 1 aliphatic carbocycles. The Morgan fingerprint density at radius 2 is 2.00 bits per heavy atom. The summed E-state index contributed by atoms with van der Waals surface area (Å²) >= 11 is 4.57. The van der Waals surface area contributed by atoms with Crippen molar-refractivity contribution < 1.29 is 27.5 Å². The fraction of sp³-hybridized carbons (Fsp3) is 0.400. The molecular formula is C25H25BrF3N5O3S. The van der Waals surface area contributed by atoms with Gasteiger partial charge in [0.25, 0.3) is 11.8 Å². The highest BCUT2D eigenvalue weighted by atomic mass is 79.9. The number of thiophene rings is 1. The molecule has 13 heteroatoms. The maximum Gasteiger partial charge on any atom is 0.410 e. The number of primary amides is 1. The van der Waals surface area contributed by atoms with Crippen molar-refractivity contribution in [3.8, 4) is 5.75 Å². The number of fused-ring (bicyclic) bond motifs is 2. The maximum atomic E-state index is 14.1. The van der Waals surface area contributed by atoms with E-state index in [9.17, 15) is 22.8 Å². The fourth-order valence-electron chi connectivity index (χ4n) is 5.05. The smallest absolute Gasteiger partial charge is 0.410 e. The lowest BCUT2D eigenvalue weighted by molar-refractivity contribution is -0.173. The lowest BCUT2D eigenvalue weighted by Crippen LogP contribution is -2.35. The van der Waals surface area contributed by atoms with E-state index in [-0.39, 0.29) is 33.0 Å². The molecule has 0 radical (unpaired) electrons. The first-order chi connectivity index (χ1) is 18.0. The molecule has 2 aliphatic rings. The minimum absolute atomic E-state index is 0.0407. The molecule has 0 unspecified atom stereocenters. The lowest BCUT2D eigenvalue weighted by atomic mass is 9.88. The van der Waals surface area contributed by atoms with Crippen LogP contribution in [0, 0.1) is 5.92 Å². The van der Waals surface area contributed by atoms with Gasteiger partial charge in [-0.2, -0.15) is 18.3 Å². The number of ether oxygens (including phenoxy) is 1. The van der Waals surface area contributed by atoms with Crippen molar-refractivity contribution >= 4 is 49.9 Å². The Labute approximate surface area is 228 Å². The molecule has 0 bridgehead atoms. The fourth-order valence-corrected chi connectivity index (χ4v) is 7.02. The van der Waals surface area contributed by atoms with Gasteiger partial charge < -0.3 is 21.1 Å². The number of nitrogens with zero attached hydrogens (tertiary/aromatic N) is 2. The van der Waals surface area contributed by atoms with Gasteiger partial charge in [-0.1, -0.05) is 19.1 Å². The SMILES string of the molecule is COc1ccc([C@H]2C[C@H](C(F)(F)F)n3nc(C(=O)Nc4sc5c(c4C(N)=O)CC[C@@H](C)C5)c(Br)c3N2)cc1. The molecule has 8 nitrogen and oxygen atoms in total. The summed E-state index contributed by atoms with van der Waals surface area (Å²) in [5.41, 5.74) is 7.14. The Kier molecular flexibility index (Phi) is 6.93. The second-order valence-corrected chi connectivity index (χ2v) is 11.5. The van der Waals surface area contributed by atoms with Crippen LogP contribution in [0.25, 0.3) is 0 Å². The molecule has 1 aromatic carbocycles. The van der Waals surface area contributed by atoms with Gasteiger partial charge in [-0.05, 0) is 64.4 Å². The Balaban J connectivity index is 1.48. The molecule has 2 aromatic heterocycles. The van der Waals surface area contributed by atoms with E-state index in [0.29, 0.717) is 23.7 Å². The highest BCUT2D eigenvalue weighted by molar-refractivity contribution is 9.10. The number of carbonyl (C=O) groups excluding carboxylic acids is 2. The first kappa shape index (κ1) is 26.5. The van der Waals surface area contributed by atoms with Crippen LogP contribution in [-0.4, -0.2) is 34.9 Å². The summed E-state index contributed by atoms with van der Waals surface area (Å²) < 4.78 is 48.5.